The van der Waals surface area contributed by atoms with E-state index in [-0.39, 0.29) is 15.7 Å². The summed E-state index contributed by atoms with van der Waals surface area (Å²) in [4.78, 5) is 23.9. The highest BCUT2D eigenvalue weighted by atomic mass is 32.2. The first-order chi connectivity index (χ1) is 13.6. The van der Waals surface area contributed by atoms with Gasteiger partial charge in [0.2, 0.25) is 5.82 Å². The highest BCUT2D eigenvalue weighted by Gasteiger charge is 2.22. The van der Waals surface area contributed by atoms with Crippen LogP contribution in [0.1, 0.15) is 10.6 Å². The van der Waals surface area contributed by atoms with Crippen LogP contribution in [0.15, 0.2) is 49.5 Å². The number of amides is 1. The van der Waals surface area contributed by atoms with Gasteiger partial charge in [0.05, 0.1) is 4.90 Å². The van der Waals surface area contributed by atoms with Crippen LogP contribution in [0.5, 0.6) is 5.75 Å². The van der Waals surface area contributed by atoms with Gasteiger partial charge in [0.1, 0.15) is 10.6 Å². The lowest BCUT2D eigenvalue weighted by Crippen LogP contribution is -1.99. The number of phenols is 1. The maximum atomic E-state index is 11.5. The molecule has 1 aromatic heterocycles. The second kappa shape index (κ2) is 7.51. The molecule has 1 heterocycles. The zero-order valence-corrected chi connectivity index (χ0v) is 15.4. The van der Waals surface area contributed by atoms with Gasteiger partial charge in [-0.15, -0.1) is 20.2 Å². The number of benzene rings is 2. The van der Waals surface area contributed by atoms with Crippen molar-refractivity contribution in [3.05, 3.63) is 35.0 Å². The number of nitrogens with one attached hydrogen (secondary N) is 1. The van der Waals surface area contributed by atoms with E-state index in [0.717, 1.165) is 12.1 Å². The van der Waals surface area contributed by atoms with Gasteiger partial charge in [-0.25, -0.2) is 4.21 Å². The summed E-state index contributed by atoms with van der Waals surface area (Å²) in [5.74, 6) is -3.25. The molecule has 0 aliphatic rings. The monoisotopic (exact) mass is 440 g/mol. The fraction of sp³-hybridized carbons (Fsp3) is 0. The summed E-state index contributed by atoms with van der Waals surface area (Å²) in [5, 5.41) is 25.2. The van der Waals surface area contributed by atoms with Crippen molar-refractivity contribution >= 4 is 49.5 Å². The van der Waals surface area contributed by atoms with Crippen molar-refractivity contribution in [3.63, 3.8) is 0 Å². The van der Waals surface area contributed by atoms with Crippen molar-refractivity contribution in [1.82, 2.24) is 15.2 Å². The molecule has 0 aliphatic heterocycles. The zero-order valence-electron chi connectivity index (χ0n) is 13.7. The molecule has 1 amide bonds. The van der Waals surface area contributed by atoms with Gasteiger partial charge in [0.25, 0.3) is 16.1 Å². The molecule has 1 atom stereocenters. The second-order valence-corrected chi connectivity index (χ2v) is 7.62. The van der Waals surface area contributed by atoms with Gasteiger partial charge in [-0.3, -0.25) is 14.4 Å². The molecule has 0 saturated carbocycles. The Bertz CT molecular complexity index is 1320. The number of azo groups is 1. The molecule has 16 heteroatoms. The van der Waals surface area contributed by atoms with Crippen molar-refractivity contribution in [2.75, 3.05) is 0 Å². The average molecular weight is 440 g/mol. The molecule has 0 aliphatic carbocycles. The third-order valence-electron chi connectivity index (χ3n) is 3.50. The van der Waals surface area contributed by atoms with Gasteiger partial charge in [0, 0.05) is 10.6 Å². The van der Waals surface area contributed by atoms with Crippen molar-refractivity contribution in [1.29, 1.82) is 0 Å². The third-order valence-corrected chi connectivity index (χ3v) is 5.03. The number of hydrogen-bond acceptors (Lipinski definition) is 10. The SMILES string of the molecule is O=NC(=O)c1nc(N=Nc2c(O)c(S(=O)(=O)O)cc3ccc(S(=O)O)cc23)n[nH]1. The molecular formula is C13H8N6O8S2. The third kappa shape index (κ3) is 4.04. The Labute approximate surface area is 162 Å². The van der Waals surface area contributed by atoms with Crippen molar-refractivity contribution in [2.45, 2.75) is 9.79 Å². The van der Waals surface area contributed by atoms with Crippen molar-refractivity contribution < 1.29 is 31.6 Å². The van der Waals surface area contributed by atoms with E-state index in [1.165, 1.54) is 12.1 Å². The number of aromatic hydroxyl groups is 1. The molecule has 0 bridgehead atoms. The minimum atomic E-state index is -4.86. The normalized spacial score (nSPS) is 13.0. The van der Waals surface area contributed by atoms with Gasteiger partial charge in [-0.2, -0.15) is 13.4 Å². The molecule has 0 saturated heterocycles. The van der Waals surface area contributed by atoms with E-state index >= 15 is 0 Å². The summed E-state index contributed by atoms with van der Waals surface area (Å²) in [6.45, 7) is 0. The Morgan fingerprint density at radius 2 is 1.93 bits per heavy atom. The van der Waals surface area contributed by atoms with Crippen LogP contribution in [0.3, 0.4) is 0 Å². The Balaban J connectivity index is 2.22. The minimum Gasteiger partial charge on any atom is -0.504 e. The van der Waals surface area contributed by atoms with E-state index < -0.39 is 55.2 Å². The molecule has 150 valence electrons. The number of nitroso groups, excluding NO2 is 1. The molecule has 2 aromatic carbocycles. The summed E-state index contributed by atoms with van der Waals surface area (Å²) >= 11 is -2.39. The van der Waals surface area contributed by atoms with Gasteiger partial charge in [-0.05, 0) is 23.6 Å². The number of carbonyl (C=O) groups excluding carboxylic acids is 1. The predicted molar refractivity (Wildman–Crippen MR) is 95.1 cm³/mol. The number of aromatic nitrogens is 3. The maximum absolute atomic E-state index is 11.5. The smallest absolute Gasteiger partial charge is 0.353 e. The Morgan fingerprint density at radius 1 is 1.21 bits per heavy atom. The van der Waals surface area contributed by atoms with Gasteiger partial charge < -0.3 is 9.66 Å². The number of H-pyrrole nitrogens is 1. The number of nitrogens with zero attached hydrogens (tertiary/aromatic N) is 5. The fourth-order valence-electron chi connectivity index (χ4n) is 2.26. The highest BCUT2D eigenvalue weighted by molar-refractivity contribution is 7.86. The Kier molecular flexibility index (Phi) is 5.25. The number of phenolic OH excluding ortho intramolecular Hbond substituents is 1. The van der Waals surface area contributed by atoms with Crippen LogP contribution in [0, 0.1) is 4.91 Å². The van der Waals surface area contributed by atoms with Crippen LogP contribution in [0.4, 0.5) is 11.6 Å². The summed E-state index contributed by atoms with van der Waals surface area (Å²) in [6, 6.07) is 4.58. The maximum Gasteiger partial charge on any atom is 0.353 e. The van der Waals surface area contributed by atoms with Crippen molar-refractivity contribution in [2.24, 2.45) is 15.4 Å². The lowest BCUT2D eigenvalue weighted by molar-refractivity contribution is 0.0991. The fourth-order valence-corrected chi connectivity index (χ4v) is 3.28. The van der Waals surface area contributed by atoms with E-state index in [1.54, 1.807) is 0 Å². The topological polar surface area (TPSA) is 225 Å². The summed E-state index contributed by atoms with van der Waals surface area (Å²) in [5.41, 5.74) is -0.492. The van der Waals surface area contributed by atoms with Gasteiger partial charge in [0.15, 0.2) is 16.8 Å². The minimum absolute atomic E-state index is 0.0138. The van der Waals surface area contributed by atoms with E-state index in [0.29, 0.717) is 0 Å². The molecule has 3 rings (SSSR count). The van der Waals surface area contributed by atoms with E-state index in [4.69, 9.17) is 0 Å². The quantitative estimate of drug-likeness (QED) is 0.195. The van der Waals surface area contributed by atoms with Crippen LogP contribution in [-0.4, -0.2) is 47.9 Å². The average Bonchev–Trinajstić information content (AvgIpc) is 3.13. The first-order valence-electron chi connectivity index (χ1n) is 7.21. The second-order valence-electron chi connectivity index (χ2n) is 5.26. The summed E-state index contributed by atoms with van der Waals surface area (Å²) < 4.78 is 52.9. The molecule has 0 spiro atoms. The lowest BCUT2D eigenvalue weighted by atomic mass is 10.1. The van der Waals surface area contributed by atoms with Crippen LogP contribution in [-0.2, 0) is 21.2 Å². The molecule has 0 radical (unpaired) electrons. The molecule has 29 heavy (non-hydrogen) atoms. The lowest BCUT2D eigenvalue weighted by Gasteiger charge is -2.09. The van der Waals surface area contributed by atoms with E-state index in [2.05, 4.69) is 30.6 Å². The number of fused-ring (bicyclic) bond motifs is 1. The molecule has 1 unspecified atom stereocenters. The first-order valence-corrected chi connectivity index (χ1v) is 9.76. The standard InChI is InChI=1S/C13H8N6O8S2/c20-10-8(29(25,26)27)3-5-1-2-6(28(23)24)4-7(5)9(10)15-17-13-14-11(16-18-13)12(21)19-22/h1-4,20H,(H,23,24)(H,14,16,18)(H,25,26,27). The van der Waals surface area contributed by atoms with E-state index in [9.17, 15) is 36.5 Å². The summed E-state index contributed by atoms with van der Waals surface area (Å²) in [7, 11) is -4.86. The Hall–Kier alpha value is -3.47. The number of rotatable bonds is 5. The highest BCUT2D eigenvalue weighted by Crippen LogP contribution is 2.41. The van der Waals surface area contributed by atoms with Gasteiger partial charge in [-0.1, -0.05) is 6.07 Å². The van der Waals surface area contributed by atoms with Crippen LogP contribution < -0.4 is 0 Å². The zero-order chi connectivity index (χ0) is 21.3. The van der Waals surface area contributed by atoms with Crippen LogP contribution >= 0.6 is 0 Å². The number of hydrogen-bond donors (Lipinski definition) is 4. The molecule has 0 fully saturated rings. The largest absolute Gasteiger partial charge is 0.504 e. The van der Waals surface area contributed by atoms with Crippen LogP contribution in [0.2, 0.25) is 0 Å². The number of carbonyl (C=O) groups is 1. The van der Waals surface area contributed by atoms with Crippen molar-refractivity contribution in [3.8, 4) is 5.75 Å². The summed E-state index contributed by atoms with van der Waals surface area (Å²) in [6.07, 6.45) is 0. The predicted octanol–water partition coefficient (Wildman–Crippen LogP) is 1.81. The van der Waals surface area contributed by atoms with Crippen LogP contribution in [0.25, 0.3) is 10.8 Å². The molecule has 3 aromatic rings. The number of aromatic amines is 1. The molecule has 14 nitrogen and oxygen atoms in total. The van der Waals surface area contributed by atoms with Gasteiger partial charge >= 0.3 is 5.91 Å². The molecule has 4 N–H and O–H groups in total. The first kappa shape index (κ1) is 20.3. The van der Waals surface area contributed by atoms with E-state index in [1.807, 2.05) is 0 Å². The Morgan fingerprint density at radius 3 is 2.55 bits per heavy atom. The molecular weight excluding hydrogens is 432 g/mol.